The van der Waals surface area contributed by atoms with Crippen LogP contribution in [0.1, 0.15) is 112 Å². The van der Waals surface area contributed by atoms with Crippen LogP contribution in [-0.4, -0.2) is 57.9 Å². The normalized spacial score (nSPS) is 42.0. The van der Waals surface area contributed by atoms with Crippen LogP contribution in [0.5, 0.6) is 0 Å². The zero-order valence-electron chi connectivity index (χ0n) is 29.7. The predicted molar refractivity (Wildman–Crippen MR) is 165 cm³/mol. The second kappa shape index (κ2) is 16.2. The van der Waals surface area contributed by atoms with Crippen LogP contribution < -0.4 is 59.1 Å². The third-order valence-electron chi connectivity index (χ3n) is 13.6. The molecule has 12 heteroatoms. The van der Waals surface area contributed by atoms with Gasteiger partial charge in [-0.3, -0.25) is 13.8 Å². The van der Waals surface area contributed by atoms with Gasteiger partial charge in [-0.25, -0.2) is 9.36 Å². The Balaban J connectivity index is 0.00000288. The number of hydrogen-bond acceptors (Lipinski definition) is 8. The first-order valence-electron chi connectivity index (χ1n) is 17.3. The summed E-state index contributed by atoms with van der Waals surface area (Å²) in [6.07, 6.45) is 6.67. The van der Waals surface area contributed by atoms with Gasteiger partial charge in [-0.1, -0.05) is 54.4 Å². The molecule has 0 radical (unpaired) electrons. The van der Waals surface area contributed by atoms with Crippen LogP contribution >= 0.6 is 7.82 Å². The number of rotatable bonds is 11. The van der Waals surface area contributed by atoms with E-state index in [9.17, 15) is 24.2 Å². The quantitative estimate of drug-likeness (QED) is 0.119. The third kappa shape index (κ3) is 8.12. The van der Waals surface area contributed by atoms with Gasteiger partial charge >= 0.3 is 72.9 Å². The molecule has 14 atom stereocenters. The molecule has 5 rings (SSSR count). The Morgan fingerprint density at radius 2 is 1.57 bits per heavy atom. The van der Waals surface area contributed by atoms with E-state index in [1.807, 2.05) is 0 Å². The molecule has 0 aromatic rings. The second-order valence-corrected chi connectivity index (χ2v) is 17.5. The number of carbonyl (C=O) groups is 2. The average Bonchev–Trinajstić information content (AvgIpc) is 3.46. The molecule has 4 aliphatic carbocycles. The van der Waals surface area contributed by atoms with Crippen LogP contribution in [-0.2, 0) is 27.9 Å². The molecule has 5 aliphatic rings. The fraction of sp³-hybridized carbons (Fsp3) is 0.941. The number of ether oxygens (including phenoxy) is 1. The van der Waals surface area contributed by atoms with Crippen LogP contribution in [0.4, 0.5) is 0 Å². The van der Waals surface area contributed by atoms with E-state index in [-0.39, 0.29) is 64.5 Å². The summed E-state index contributed by atoms with van der Waals surface area (Å²) >= 11 is 0. The number of carbonyl (C=O) groups excluding carboxylic acids is 2. The second-order valence-electron chi connectivity index (χ2n) is 16.1. The zero-order chi connectivity index (χ0) is 32.2. The van der Waals surface area contributed by atoms with Crippen molar-refractivity contribution in [1.82, 2.24) is 0 Å². The van der Waals surface area contributed by atoms with E-state index in [2.05, 4.69) is 41.5 Å². The zero-order valence-corrected chi connectivity index (χ0v) is 34.5. The fourth-order valence-corrected chi connectivity index (χ4v) is 11.7. The van der Waals surface area contributed by atoms with E-state index in [0.717, 1.165) is 48.3 Å². The van der Waals surface area contributed by atoms with Gasteiger partial charge in [0.15, 0.2) is 6.10 Å². The number of phosphoric ester groups is 1. The Bertz CT molecular complexity index is 1120. The molecule has 252 valence electrons. The smallest absolute Gasteiger partial charge is 0.449 e. The summed E-state index contributed by atoms with van der Waals surface area (Å²) in [5, 5.41) is 18.8. The maximum Gasteiger partial charge on any atom is 1.00 e. The molecule has 0 aromatic carbocycles. The molecule has 0 spiro atoms. The van der Waals surface area contributed by atoms with Gasteiger partial charge in [-0.15, -0.1) is 0 Å². The first kappa shape index (κ1) is 41.6. The topological polar surface area (TPSA) is 140 Å². The summed E-state index contributed by atoms with van der Waals surface area (Å²) in [7, 11) is -4.77. The Kier molecular flexibility index (Phi) is 14.7. The van der Waals surface area contributed by atoms with E-state index >= 15 is 0 Å². The van der Waals surface area contributed by atoms with Crippen molar-refractivity contribution in [3.63, 3.8) is 0 Å². The molecule has 0 bridgehead atoms. The summed E-state index contributed by atoms with van der Waals surface area (Å²) < 4.78 is 28.3. The summed E-state index contributed by atoms with van der Waals surface area (Å²) in [5.41, 5.74) is 0.594. The van der Waals surface area contributed by atoms with Crippen molar-refractivity contribution in [2.45, 2.75) is 137 Å². The Labute approximate surface area is 320 Å². The fourth-order valence-electron chi connectivity index (χ4n) is 10.7. The molecular formula is C34H57Na2O9P+2. The van der Waals surface area contributed by atoms with E-state index in [1.54, 1.807) is 0 Å². The summed E-state index contributed by atoms with van der Waals surface area (Å²) in [6.45, 7) is 13.9. The molecule has 0 amide bonds. The van der Waals surface area contributed by atoms with Crippen molar-refractivity contribution < 1.29 is 102 Å². The largest absolute Gasteiger partial charge is 1.00 e. The molecular weight excluding hydrogens is 629 g/mol. The van der Waals surface area contributed by atoms with Crippen LogP contribution in [0.2, 0.25) is 0 Å². The van der Waals surface area contributed by atoms with Crippen molar-refractivity contribution in [2.24, 2.45) is 58.2 Å². The summed E-state index contributed by atoms with van der Waals surface area (Å²) in [4.78, 5) is 35.1. The van der Waals surface area contributed by atoms with Gasteiger partial charge in [0.2, 0.25) is 11.9 Å². The van der Waals surface area contributed by atoms with Crippen molar-refractivity contribution in [3.05, 3.63) is 0 Å². The molecule has 1 heterocycles. The molecule has 5 fully saturated rings. The molecule has 1 aliphatic heterocycles. The molecule has 4 saturated carbocycles. The predicted octanol–water partition coefficient (Wildman–Crippen LogP) is 0.0802. The van der Waals surface area contributed by atoms with Crippen molar-refractivity contribution in [3.8, 4) is 0 Å². The monoisotopic (exact) mass is 686 g/mol. The van der Waals surface area contributed by atoms with Crippen molar-refractivity contribution in [2.75, 3.05) is 6.61 Å². The summed E-state index contributed by atoms with van der Waals surface area (Å²) in [6, 6.07) is 0. The van der Waals surface area contributed by atoms with Gasteiger partial charge in [0.1, 0.15) is 6.10 Å². The molecule has 1 saturated heterocycles. The minimum atomic E-state index is -4.77. The van der Waals surface area contributed by atoms with E-state index < -0.39 is 50.6 Å². The number of cyclic esters (lactones) is 1. The number of aliphatic hydroxyl groups is 2. The molecule has 46 heavy (non-hydrogen) atoms. The van der Waals surface area contributed by atoms with Crippen LogP contribution in [0.3, 0.4) is 0 Å². The number of esters is 1. The third-order valence-corrected chi connectivity index (χ3v) is 14.7. The number of fused-ring (bicyclic) bond motifs is 5. The Hall–Kier alpha value is 1.17. The number of aliphatic hydroxyl groups excluding tert-OH is 2. The van der Waals surface area contributed by atoms with Crippen LogP contribution in [0, 0.1) is 58.2 Å². The minimum Gasteiger partial charge on any atom is -0.449 e. The van der Waals surface area contributed by atoms with E-state index in [4.69, 9.17) is 18.9 Å². The van der Waals surface area contributed by atoms with Gasteiger partial charge in [0.05, 0.1) is 12.7 Å². The Morgan fingerprint density at radius 1 is 0.913 bits per heavy atom. The minimum absolute atomic E-state index is 0. The average molecular weight is 687 g/mol. The maximum absolute atomic E-state index is 12.9. The molecule has 5 unspecified atom stereocenters. The van der Waals surface area contributed by atoms with Gasteiger partial charge in [0, 0.05) is 0 Å². The first-order chi connectivity index (χ1) is 20.6. The van der Waals surface area contributed by atoms with Crippen LogP contribution in [0.25, 0.3) is 0 Å². The van der Waals surface area contributed by atoms with Gasteiger partial charge < -0.3 is 19.8 Å². The van der Waals surface area contributed by atoms with E-state index in [1.165, 1.54) is 44.9 Å². The summed E-state index contributed by atoms with van der Waals surface area (Å²) in [5.74, 6) is 3.50. The van der Waals surface area contributed by atoms with Gasteiger partial charge in [0.25, 0.3) is 0 Å². The number of hydrogen-bond donors (Lipinski definition) is 3. The number of ketones is 1. The first-order valence-corrected chi connectivity index (χ1v) is 18.8. The standard InChI is InChI=1S/C34H57O9P.2Na/c1-19(2)20(3)7-8-21(4)25-11-12-26-24-10-9-22-17-23(13-15-33(22,5)27(24)14-16-34(25,26)6)42-44(39,40)43-31-29(37)30(28(36)18-35)41-32(31)38;;/h19-28,30-31,35-36H,7-18H2,1-6H3,(H,39,40);;/q;2*+1/t20?,21-,22-,23-,24-,25+,26-,27-,28?,30?,31?,33-,34+;;/m0../s1. The number of Topliss-reactive ketones (excluding diaryl/α,β-unsaturated/α-hetero) is 1. The molecule has 9 nitrogen and oxygen atoms in total. The van der Waals surface area contributed by atoms with Gasteiger partial charge in [-0.05, 0) is 116 Å². The van der Waals surface area contributed by atoms with E-state index in [0.29, 0.717) is 30.1 Å². The maximum atomic E-state index is 12.9. The molecule has 3 N–H and O–H groups in total. The van der Waals surface area contributed by atoms with Crippen molar-refractivity contribution in [1.29, 1.82) is 0 Å². The number of phosphoric acid groups is 1. The SMILES string of the molecule is CC(C)C(C)CC[C@H](C)[C@H]1CC[C@H]2[C@@H]3CC[C@H]4C[C@@H](OP(=O)(O)OC5C(=O)OC(C(O)CO)C5=O)CC[C@]4(C)[C@H]3CC[C@]12C.[Na+].[Na+]. The Morgan fingerprint density at radius 3 is 2.22 bits per heavy atom. The van der Waals surface area contributed by atoms with Crippen LogP contribution in [0.15, 0.2) is 0 Å². The molecule has 0 aromatic heterocycles. The van der Waals surface area contributed by atoms with Crippen molar-refractivity contribution >= 4 is 19.6 Å². The van der Waals surface area contributed by atoms with Gasteiger partial charge in [-0.2, -0.15) is 0 Å².